The van der Waals surface area contributed by atoms with Crippen LogP contribution in [0.5, 0.6) is 0 Å². The number of hydrogen-bond acceptors (Lipinski definition) is 2. The molecule has 21 heavy (non-hydrogen) atoms. The molecule has 0 unspecified atom stereocenters. The zero-order valence-electron chi connectivity index (χ0n) is 11.3. The molecule has 1 aromatic heterocycles. The van der Waals surface area contributed by atoms with Gasteiger partial charge < -0.3 is 9.67 Å². The average molecular weight is 302 g/mol. The van der Waals surface area contributed by atoms with Crippen LogP contribution in [0.15, 0.2) is 41.2 Å². The Bertz CT molecular complexity index is 878. The molecule has 0 aliphatic heterocycles. The standard InChI is InChI=1S/C16H12ClNO3/c1-9-2-4-11-13(6-9)18(8-15(19)20)14-7-10(17)3-5-12(14)16(11)21/h2-7H,8H2,1H3,(H,19,20). The Hall–Kier alpha value is -2.33. The first kappa shape index (κ1) is 13.6. The van der Waals surface area contributed by atoms with Gasteiger partial charge in [0.1, 0.15) is 6.54 Å². The number of carbonyl (C=O) groups is 1. The van der Waals surface area contributed by atoms with Crippen LogP contribution in [0.3, 0.4) is 0 Å². The molecule has 0 spiro atoms. The van der Waals surface area contributed by atoms with Crippen LogP contribution in [0.2, 0.25) is 5.02 Å². The van der Waals surface area contributed by atoms with Crippen molar-refractivity contribution in [2.24, 2.45) is 0 Å². The van der Waals surface area contributed by atoms with E-state index in [1.807, 2.05) is 19.1 Å². The number of aryl methyl sites for hydroxylation is 1. The second kappa shape index (κ2) is 4.90. The predicted molar refractivity (Wildman–Crippen MR) is 83.1 cm³/mol. The van der Waals surface area contributed by atoms with Crippen molar-refractivity contribution >= 4 is 39.4 Å². The fourth-order valence-electron chi connectivity index (χ4n) is 2.56. The highest BCUT2D eigenvalue weighted by Gasteiger charge is 2.13. The van der Waals surface area contributed by atoms with Crippen molar-refractivity contribution in [1.82, 2.24) is 4.57 Å². The molecule has 3 aromatic rings. The average Bonchev–Trinajstić information content (AvgIpc) is 2.42. The first-order valence-corrected chi connectivity index (χ1v) is 6.79. The van der Waals surface area contributed by atoms with Gasteiger partial charge >= 0.3 is 5.97 Å². The van der Waals surface area contributed by atoms with E-state index in [-0.39, 0.29) is 12.0 Å². The summed E-state index contributed by atoms with van der Waals surface area (Å²) in [5.74, 6) is -0.970. The molecule has 0 atom stereocenters. The normalized spacial score (nSPS) is 11.1. The summed E-state index contributed by atoms with van der Waals surface area (Å²) in [6, 6.07) is 10.3. The second-order valence-corrected chi connectivity index (χ2v) is 5.43. The van der Waals surface area contributed by atoms with Crippen LogP contribution < -0.4 is 5.43 Å². The molecule has 0 aliphatic carbocycles. The zero-order chi connectivity index (χ0) is 15.1. The van der Waals surface area contributed by atoms with Gasteiger partial charge in [-0.05, 0) is 42.8 Å². The van der Waals surface area contributed by atoms with Gasteiger partial charge in [-0.15, -0.1) is 0 Å². The number of carboxylic acid groups (broad SMARTS) is 1. The van der Waals surface area contributed by atoms with Crippen molar-refractivity contribution in [2.75, 3.05) is 0 Å². The summed E-state index contributed by atoms with van der Waals surface area (Å²) in [7, 11) is 0. The lowest BCUT2D eigenvalue weighted by Gasteiger charge is -2.14. The largest absolute Gasteiger partial charge is 0.480 e. The van der Waals surface area contributed by atoms with Crippen molar-refractivity contribution in [1.29, 1.82) is 0 Å². The molecule has 0 aliphatic rings. The fraction of sp³-hybridized carbons (Fsp3) is 0.125. The highest BCUT2D eigenvalue weighted by molar-refractivity contribution is 6.31. The molecule has 0 bridgehead atoms. The van der Waals surface area contributed by atoms with Crippen LogP contribution in [0.4, 0.5) is 0 Å². The van der Waals surface area contributed by atoms with E-state index in [0.29, 0.717) is 26.8 Å². The summed E-state index contributed by atoms with van der Waals surface area (Å²) in [5.41, 5.74) is 1.99. The Kier molecular flexibility index (Phi) is 3.18. The van der Waals surface area contributed by atoms with E-state index >= 15 is 0 Å². The maximum atomic E-state index is 12.5. The van der Waals surface area contributed by atoms with Gasteiger partial charge in [0.25, 0.3) is 0 Å². The Balaban J connectivity index is 2.58. The van der Waals surface area contributed by atoms with E-state index in [1.165, 1.54) is 0 Å². The van der Waals surface area contributed by atoms with Crippen LogP contribution in [-0.4, -0.2) is 15.6 Å². The number of rotatable bonds is 2. The number of aliphatic carboxylic acids is 1. The van der Waals surface area contributed by atoms with Gasteiger partial charge in [-0.1, -0.05) is 17.7 Å². The third-order valence-electron chi connectivity index (χ3n) is 3.48. The van der Waals surface area contributed by atoms with Gasteiger partial charge in [-0.2, -0.15) is 0 Å². The highest BCUT2D eigenvalue weighted by Crippen LogP contribution is 2.23. The molecule has 106 valence electrons. The Morgan fingerprint density at radius 2 is 1.76 bits per heavy atom. The maximum absolute atomic E-state index is 12.5. The Morgan fingerprint density at radius 3 is 2.43 bits per heavy atom. The number of nitrogens with zero attached hydrogens (tertiary/aromatic N) is 1. The number of fused-ring (bicyclic) bond motifs is 2. The lowest BCUT2D eigenvalue weighted by Crippen LogP contribution is -2.16. The Morgan fingerprint density at radius 1 is 1.14 bits per heavy atom. The molecule has 1 N–H and O–H groups in total. The molecule has 0 amide bonds. The van der Waals surface area contributed by atoms with E-state index in [4.69, 9.17) is 16.7 Å². The number of halogens is 1. The van der Waals surface area contributed by atoms with Crippen LogP contribution in [0.25, 0.3) is 21.8 Å². The van der Waals surface area contributed by atoms with Crippen LogP contribution in [0, 0.1) is 6.92 Å². The van der Waals surface area contributed by atoms with E-state index < -0.39 is 5.97 Å². The van der Waals surface area contributed by atoms with Crippen molar-refractivity contribution < 1.29 is 9.90 Å². The molecule has 0 radical (unpaired) electrons. The summed E-state index contributed by atoms with van der Waals surface area (Å²) >= 11 is 6.00. The van der Waals surface area contributed by atoms with Gasteiger partial charge in [0.15, 0.2) is 5.43 Å². The highest BCUT2D eigenvalue weighted by atomic mass is 35.5. The summed E-state index contributed by atoms with van der Waals surface area (Å²) in [4.78, 5) is 23.7. The number of benzene rings is 2. The SMILES string of the molecule is Cc1ccc2c(=O)c3ccc(Cl)cc3n(CC(=O)O)c2c1. The molecule has 5 heteroatoms. The van der Waals surface area contributed by atoms with E-state index in [9.17, 15) is 9.59 Å². The molecule has 0 fully saturated rings. The molecule has 1 heterocycles. The van der Waals surface area contributed by atoms with Gasteiger partial charge in [0.05, 0.1) is 11.0 Å². The third-order valence-corrected chi connectivity index (χ3v) is 3.71. The molecule has 4 nitrogen and oxygen atoms in total. The van der Waals surface area contributed by atoms with Gasteiger partial charge in [0, 0.05) is 15.8 Å². The van der Waals surface area contributed by atoms with E-state index in [2.05, 4.69) is 0 Å². The lowest BCUT2D eigenvalue weighted by atomic mass is 10.1. The second-order valence-electron chi connectivity index (χ2n) is 4.99. The summed E-state index contributed by atoms with van der Waals surface area (Å²) < 4.78 is 1.62. The Labute approximate surface area is 125 Å². The summed E-state index contributed by atoms with van der Waals surface area (Å²) in [6.07, 6.45) is 0. The molecule has 3 rings (SSSR count). The number of pyridine rings is 1. The lowest BCUT2D eigenvalue weighted by molar-refractivity contribution is -0.137. The smallest absolute Gasteiger partial charge is 0.323 e. The van der Waals surface area contributed by atoms with Crippen molar-refractivity contribution in [2.45, 2.75) is 13.5 Å². The van der Waals surface area contributed by atoms with E-state index in [0.717, 1.165) is 5.56 Å². The summed E-state index contributed by atoms with van der Waals surface area (Å²) in [6.45, 7) is 1.67. The first-order chi connectivity index (χ1) is 9.97. The van der Waals surface area contributed by atoms with Crippen molar-refractivity contribution in [3.05, 3.63) is 57.2 Å². The van der Waals surface area contributed by atoms with Gasteiger partial charge in [-0.25, -0.2) is 0 Å². The molecule has 2 aromatic carbocycles. The van der Waals surface area contributed by atoms with Crippen molar-refractivity contribution in [3.63, 3.8) is 0 Å². The van der Waals surface area contributed by atoms with Gasteiger partial charge in [0.2, 0.25) is 0 Å². The topological polar surface area (TPSA) is 59.3 Å². The van der Waals surface area contributed by atoms with Crippen LogP contribution in [0.1, 0.15) is 5.56 Å². The quantitative estimate of drug-likeness (QED) is 0.739. The molecular formula is C16H12ClNO3. The van der Waals surface area contributed by atoms with Crippen LogP contribution in [-0.2, 0) is 11.3 Å². The first-order valence-electron chi connectivity index (χ1n) is 6.41. The number of aromatic nitrogens is 1. The van der Waals surface area contributed by atoms with E-state index in [1.54, 1.807) is 28.8 Å². The number of carboxylic acids is 1. The predicted octanol–water partition coefficient (Wildman–Crippen LogP) is 3.20. The molecule has 0 saturated carbocycles. The molecular weight excluding hydrogens is 290 g/mol. The fourth-order valence-corrected chi connectivity index (χ4v) is 2.72. The monoisotopic (exact) mass is 301 g/mol. The minimum absolute atomic E-state index is 0.113. The minimum Gasteiger partial charge on any atom is -0.480 e. The number of hydrogen-bond donors (Lipinski definition) is 1. The minimum atomic E-state index is -0.970. The van der Waals surface area contributed by atoms with Crippen LogP contribution >= 0.6 is 11.6 Å². The summed E-state index contributed by atoms with van der Waals surface area (Å²) in [5, 5.41) is 10.6. The maximum Gasteiger partial charge on any atom is 0.323 e. The van der Waals surface area contributed by atoms with Crippen molar-refractivity contribution in [3.8, 4) is 0 Å². The molecule has 0 saturated heterocycles. The third kappa shape index (κ3) is 2.28. The zero-order valence-corrected chi connectivity index (χ0v) is 12.0. The van der Waals surface area contributed by atoms with Gasteiger partial charge in [-0.3, -0.25) is 9.59 Å².